The standard InChI is InChI=1S/C15H23N3O3.ClH/c1-5-9(2)14(16)15(19)17-11(4)12-7-6-10(3)13(8-12)18(20)21;/h6-9,11,14H,5,16H2,1-4H3,(H,17,19);1H. The molecule has 124 valence electrons. The van der Waals surface area contributed by atoms with Gasteiger partial charge in [-0.05, 0) is 25.3 Å². The topological polar surface area (TPSA) is 98.3 Å². The Balaban J connectivity index is 0.00000441. The Hall–Kier alpha value is -1.66. The first-order valence-corrected chi connectivity index (χ1v) is 7.08. The molecule has 0 fully saturated rings. The molecule has 3 unspecified atom stereocenters. The van der Waals surface area contributed by atoms with Crippen molar-refractivity contribution in [3.05, 3.63) is 39.4 Å². The van der Waals surface area contributed by atoms with E-state index in [4.69, 9.17) is 5.73 Å². The Kier molecular flexibility index (Phi) is 8.05. The molecule has 3 atom stereocenters. The van der Waals surface area contributed by atoms with Crippen LogP contribution in [0, 0.1) is 23.0 Å². The van der Waals surface area contributed by atoms with Crippen LogP contribution in [-0.4, -0.2) is 16.9 Å². The molecule has 0 aliphatic carbocycles. The van der Waals surface area contributed by atoms with E-state index in [1.54, 1.807) is 26.0 Å². The van der Waals surface area contributed by atoms with Gasteiger partial charge >= 0.3 is 0 Å². The summed E-state index contributed by atoms with van der Waals surface area (Å²) in [6.45, 7) is 7.37. The lowest BCUT2D eigenvalue weighted by atomic mass is 9.98. The molecule has 22 heavy (non-hydrogen) atoms. The van der Waals surface area contributed by atoms with Crippen molar-refractivity contribution in [2.45, 2.75) is 46.2 Å². The third-order valence-electron chi connectivity index (χ3n) is 3.85. The number of nitro groups is 1. The quantitative estimate of drug-likeness (QED) is 0.619. The SMILES string of the molecule is CCC(C)C(N)C(=O)NC(C)c1ccc(C)c([N+](=O)[O-])c1.Cl. The number of carbonyl (C=O) groups excluding carboxylic acids is 1. The lowest BCUT2D eigenvalue weighted by Gasteiger charge is -2.21. The van der Waals surface area contributed by atoms with Crippen molar-refractivity contribution in [3.8, 4) is 0 Å². The number of halogens is 1. The van der Waals surface area contributed by atoms with E-state index in [2.05, 4.69) is 5.32 Å². The summed E-state index contributed by atoms with van der Waals surface area (Å²) in [5.41, 5.74) is 7.22. The molecule has 0 radical (unpaired) electrons. The van der Waals surface area contributed by atoms with Gasteiger partial charge in [-0.3, -0.25) is 14.9 Å². The summed E-state index contributed by atoms with van der Waals surface area (Å²) in [5, 5.41) is 13.8. The van der Waals surface area contributed by atoms with Crippen LogP contribution in [0.1, 0.15) is 44.4 Å². The molecule has 0 aromatic heterocycles. The van der Waals surface area contributed by atoms with E-state index < -0.39 is 11.0 Å². The van der Waals surface area contributed by atoms with E-state index >= 15 is 0 Å². The maximum Gasteiger partial charge on any atom is 0.272 e. The fourth-order valence-electron chi connectivity index (χ4n) is 2.00. The molecule has 0 aliphatic rings. The van der Waals surface area contributed by atoms with Gasteiger partial charge in [-0.2, -0.15) is 0 Å². The summed E-state index contributed by atoms with van der Waals surface area (Å²) in [6.07, 6.45) is 0.818. The largest absolute Gasteiger partial charge is 0.348 e. The smallest absolute Gasteiger partial charge is 0.272 e. The molecule has 0 bridgehead atoms. The first-order valence-electron chi connectivity index (χ1n) is 7.08. The van der Waals surface area contributed by atoms with Gasteiger partial charge in [0.2, 0.25) is 5.91 Å². The van der Waals surface area contributed by atoms with Gasteiger partial charge in [0.15, 0.2) is 0 Å². The number of amides is 1. The summed E-state index contributed by atoms with van der Waals surface area (Å²) >= 11 is 0. The highest BCUT2D eigenvalue weighted by molar-refractivity contribution is 5.85. The van der Waals surface area contributed by atoms with E-state index in [1.807, 2.05) is 13.8 Å². The number of aryl methyl sites for hydroxylation is 1. The molecule has 1 amide bonds. The third-order valence-corrected chi connectivity index (χ3v) is 3.85. The monoisotopic (exact) mass is 329 g/mol. The first-order chi connectivity index (χ1) is 9.77. The Labute approximate surface area is 137 Å². The number of nitro benzene ring substituents is 1. The van der Waals surface area contributed by atoms with Crippen molar-refractivity contribution in [2.75, 3.05) is 0 Å². The molecule has 0 heterocycles. The lowest BCUT2D eigenvalue weighted by Crippen LogP contribution is -2.45. The number of hydrogen-bond acceptors (Lipinski definition) is 4. The van der Waals surface area contributed by atoms with Crippen LogP contribution in [0.25, 0.3) is 0 Å². The molecule has 1 aromatic carbocycles. The van der Waals surface area contributed by atoms with Crippen molar-refractivity contribution in [1.29, 1.82) is 0 Å². The lowest BCUT2D eigenvalue weighted by molar-refractivity contribution is -0.385. The van der Waals surface area contributed by atoms with Crippen molar-refractivity contribution in [2.24, 2.45) is 11.7 Å². The van der Waals surface area contributed by atoms with Gasteiger partial charge in [-0.25, -0.2) is 0 Å². The second-order valence-corrected chi connectivity index (χ2v) is 5.44. The second kappa shape index (κ2) is 8.70. The molecule has 3 N–H and O–H groups in total. The van der Waals surface area contributed by atoms with Gasteiger partial charge in [-0.15, -0.1) is 12.4 Å². The summed E-state index contributed by atoms with van der Waals surface area (Å²) < 4.78 is 0. The number of hydrogen-bond donors (Lipinski definition) is 2. The number of benzene rings is 1. The zero-order valence-corrected chi connectivity index (χ0v) is 14.1. The minimum absolute atomic E-state index is 0. The van der Waals surface area contributed by atoms with Crippen LogP contribution in [0.5, 0.6) is 0 Å². The van der Waals surface area contributed by atoms with E-state index in [1.165, 1.54) is 6.07 Å². The molecule has 1 rings (SSSR count). The number of rotatable bonds is 6. The fraction of sp³-hybridized carbons (Fsp3) is 0.533. The minimum Gasteiger partial charge on any atom is -0.348 e. The average Bonchev–Trinajstić information content (AvgIpc) is 2.45. The van der Waals surface area contributed by atoms with E-state index in [9.17, 15) is 14.9 Å². The van der Waals surface area contributed by atoms with Crippen LogP contribution < -0.4 is 11.1 Å². The third kappa shape index (κ3) is 4.96. The van der Waals surface area contributed by atoms with Crippen molar-refractivity contribution < 1.29 is 9.72 Å². The predicted molar refractivity (Wildman–Crippen MR) is 89.1 cm³/mol. The maximum absolute atomic E-state index is 12.0. The van der Waals surface area contributed by atoms with Crippen LogP contribution in [0.4, 0.5) is 5.69 Å². The Bertz CT molecular complexity index is 537. The maximum atomic E-state index is 12.0. The Morgan fingerprint density at radius 3 is 2.50 bits per heavy atom. The first kappa shape index (κ1) is 20.3. The van der Waals surface area contributed by atoms with Crippen molar-refractivity contribution in [3.63, 3.8) is 0 Å². The minimum atomic E-state index is -0.571. The second-order valence-electron chi connectivity index (χ2n) is 5.44. The normalized spacial score (nSPS) is 14.4. The zero-order valence-electron chi connectivity index (χ0n) is 13.3. The Morgan fingerprint density at radius 2 is 2.00 bits per heavy atom. The molecule has 1 aromatic rings. The summed E-state index contributed by atoms with van der Waals surface area (Å²) in [5.74, 6) is -0.148. The van der Waals surface area contributed by atoms with Gasteiger partial charge < -0.3 is 11.1 Å². The van der Waals surface area contributed by atoms with Crippen LogP contribution in [-0.2, 0) is 4.79 Å². The van der Waals surface area contributed by atoms with Gasteiger partial charge in [0, 0.05) is 11.6 Å². The van der Waals surface area contributed by atoms with E-state index in [-0.39, 0.29) is 36.0 Å². The van der Waals surface area contributed by atoms with Crippen molar-refractivity contribution >= 4 is 24.0 Å². The van der Waals surface area contributed by atoms with Gasteiger partial charge in [0.1, 0.15) is 0 Å². The van der Waals surface area contributed by atoms with Crippen LogP contribution in [0.3, 0.4) is 0 Å². The highest BCUT2D eigenvalue weighted by Crippen LogP contribution is 2.23. The van der Waals surface area contributed by atoms with E-state index in [0.717, 1.165) is 6.42 Å². The van der Waals surface area contributed by atoms with Gasteiger partial charge in [0.25, 0.3) is 5.69 Å². The van der Waals surface area contributed by atoms with Crippen molar-refractivity contribution in [1.82, 2.24) is 5.32 Å². The number of nitrogens with two attached hydrogens (primary N) is 1. The van der Waals surface area contributed by atoms with Gasteiger partial charge in [-0.1, -0.05) is 32.4 Å². The number of carbonyl (C=O) groups is 1. The van der Waals surface area contributed by atoms with E-state index in [0.29, 0.717) is 11.1 Å². The number of nitrogens with zero attached hydrogens (tertiary/aromatic N) is 1. The molecule has 6 nitrogen and oxygen atoms in total. The fourth-order valence-corrected chi connectivity index (χ4v) is 2.00. The van der Waals surface area contributed by atoms with Crippen LogP contribution in [0.15, 0.2) is 18.2 Å². The molecule has 7 heteroatoms. The summed E-state index contributed by atoms with van der Waals surface area (Å²) in [4.78, 5) is 22.6. The van der Waals surface area contributed by atoms with Crippen LogP contribution in [0.2, 0.25) is 0 Å². The number of nitrogens with one attached hydrogen (secondary N) is 1. The van der Waals surface area contributed by atoms with Crippen LogP contribution >= 0.6 is 12.4 Å². The average molecular weight is 330 g/mol. The molecule has 0 saturated heterocycles. The molecular weight excluding hydrogens is 306 g/mol. The molecule has 0 aliphatic heterocycles. The molecule has 0 saturated carbocycles. The Morgan fingerprint density at radius 1 is 1.41 bits per heavy atom. The molecule has 0 spiro atoms. The molecular formula is C15H24ClN3O3. The highest BCUT2D eigenvalue weighted by Gasteiger charge is 2.22. The predicted octanol–water partition coefficient (Wildman–Crippen LogP) is 2.88. The van der Waals surface area contributed by atoms with Gasteiger partial charge in [0.05, 0.1) is 17.0 Å². The highest BCUT2D eigenvalue weighted by atomic mass is 35.5. The summed E-state index contributed by atoms with van der Waals surface area (Å²) in [6, 6.07) is 4.06. The summed E-state index contributed by atoms with van der Waals surface area (Å²) in [7, 11) is 0. The zero-order chi connectivity index (χ0) is 16.2.